The van der Waals surface area contributed by atoms with Crippen LogP contribution in [0.1, 0.15) is 43.9 Å². The Hall–Kier alpha value is -1.35. The predicted molar refractivity (Wildman–Crippen MR) is 73.1 cm³/mol. The van der Waals surface area contributed by atoms with Gasteiger partial charge in [-0.05, 0) is 29.9 Å². The molecule has 0 aliphatic heterocycles. The Balaban J connectivity index is 1.94. The van der Waals surface area contributed by atoms with Crippen LogP contribution >= 0.6 is 0 Å². The Morgan fingerprint density at radius 2 is 2.17 bits per heavy atom. The van der Waals surface area contributed by atoms with E-state index in [2.05, 4.69) is 23.5 Å². The van der Waals surface area contributed by atoms with Crippen molar-refractivity contribution in [3.8, 4) is 0 Å². The van der Waals surface area contributed by atoms with Gasteiger partial charge in [0, 0.05) is 12.5 Å². The van der Waals surface area contributed by atoms with Crippen LogP contribution in [0.2, 0.25) is 0 Å². The van der Waals surface area contributed by atoms with Crippen molar-refractivity contribution in [2.75, 3.05) is 0 Å². The molecule has 0 fully saturated rings. The molecule has 0 spiro atoms. The number of nitrogens with one attached hydrogen (secondary N) is 1. The second kappa shape index (κ2) is 5.53. The van der Waals surface area contributed by atoms with Crippen LogP contribution in [-0.2, 0) is 11.2 Å². The van der Waals surface area contributed by atoms with E-state index in [-0.39, 0.29) is 18.0 Å². The van der Waals surface area contributed by atoms with Gasteiger partial charge in [0.15, 0.2) is 0 Å². The molecule has 0 heterocycles. The largest absolute Gasteiger partial charge is 0.349 e. The lowest BCUT2D eigenvalue weighted by Crippen LogP contribution is -2.36. The number of amides is 1. The first-order chi connectivity index (χ1) is 8.58. The smallest absolute Gasteiger partial charge is 0.222 e. The SMILES string of the molecule is CC(C)C(N)CC(=O)NC1CCc2ccccc21. The lowest BCUT2D eigenvalue weighted by atomic mass is 10.0. The van der Waals surface area contributed by atoms with Crippen molar-refractivity contribution < 1.29 is 4.79 Å². The summed E-state index contributed by atoms with van der Waals surface area (Å²) in [6.45, 7) is 4.09. The van der Waals surface area contributed by atoms with Crippen molar-refractivity contribution in [2.24, 2.45) is 11.7 Å². The van der Waals surface area contributed by atoms with Gasteiger partial charge in [-0.15, -0.1) is 0 Å². The minimum atomic E-state index is -0.0540. The number of rotatable bonds is 4. The topological polar surface area (TPSA) is 55.1 Å². The first-order valence-corrected chi connectivity index (χ1v) is 6.70. The molecule has 2 rings (SSSR count). The number of benzene rings is 1. The quantitative estimate of drug-likeness (QED) is 0.855. The van der Waals surface area contributed by atoms with Gasteiger partial charge in [0.05, 0.1) is 6.04 Å². The number of carbonyl (C=O) groups is 1. The van der Waals surface area contributed by atoms with E-state index in [4.69, 9.17) is 5.73 Å². The van der Waals surface area contributed by atoms with Crippen LogP contribution in [0.5, 0.6) is 0 Å². The van der Waals surface area contributed by atoms with E-state index in [9.17, 15) is 4.79 Å². The summed E-state index contributed by atoms with van der Waals surface area (Å²) in [5.41, 5.74) is 8.55. The fourth-order valence-electron chi connectivity index (χ4n) is 2.41. The van der Waals surface area contributed by atoms with Crippen LogP contribution in [0.25, 0.3) is 0 Å². The van der Waals surface area contributed by atoms with Gasteiger partial charge >= 0.3 is 0 Å². The second-order valence-corrected chi connectivity index (χ2v) is 5.47. The number of hydrogen-bond acceptors (Lipinski definition) is 2. The Bertz CT molecular complexity index is 428. The third kappa shape index (κ3) is 2.91. The highest BCUT2D eigenvalue weighted by Crippen LogP contribution is 2.30. The Morgan fingerprint density at radius 1 is 1.44 bits per heavy atom. The van der Waals surface area contributed by atoms with E-state index in [0.29, 0.717) is 12.3 Å². The molecule has 98 valence electrons. The summed E-state index contributed by atoms with van der Waals surface area (Å²) >= 11 is 0. The fraction of sp³-hybridized carbons (Fsp3) is 0.533. The van der Waals surface area contributed by atoms with E-state index in [1.54, 1.807) is 0 Å². The van der Waals surface area contributed by atoms with Crippen LogP contribution in [0.15, 0.2) is 24.3 Å². The summed E-state index contributed by atoms with van der Waals surface area (Å²) in [6.07, 6.45) is 2.47. The molecule has 0 saturated heterocycles. The highest BCUT2D eigenvalue weighted by molar-refractivity contribution is 5.77. The lowest BCUT2D eigenvalue weighted by molar-refractivity contribution is -0.122. The van der Waals surface area contributed by atoms with Crippen molar-refractivity contribution in [3.05, 3.63) is 35.4 Å². The standard InChI is InChI=1S/C15H22N2O/c1-10(2)13(16)9-15(18)17-14-8-7-11-5-3-4-6-12(11)14/h3-6,10,13-14H,7-9,16H2,1-2H3,(H,17,18). The third-order valence-corrected chi connectivity index (χ3v) is 3.75. The summed E-state index contributed by atoms with van der Waals surface area (Å²) in [5.74, 6) is 0.407. The van der Waals surface area contributed by atoms with Crippen LogP contribution in [0.3, 0.4) is 0 Å². The van der Waals surface area contributed by atoms with Crippen molar-refractivity contribution in [2.45, 2.75) is 45.2 Å². The molecule has 2 unspecified atom stereocenters. The number of hydrogen-bond donors (Lipinski definition) is 2. The molecule has 3 nitrogen and oxygen atoms in total. The highest BCUT2D eigenvalue weighted by atomic mass is 16.1. The summed E-state index contributed by atoms with van der Waals surface area (Å²) in [5, 5.41) is 3.10. The molecule has 1 aromatic carbocycles. The maximum absolute atomic E-state index is 11.9. The summed E-state index contributed by atoms with van der Waals surface area (Å²) in [4.78, 5) is 11.9. The van der Waals surface area contributed by atoms with Gasteiger partial charge < -0.3 is 11.1 Å². The van der Waals surface area contributed by atoms with Gasteiger partial charge in [0.2, 0.25) is 5.91 Å². The summed E-state index contributed by atoms with van der Waals surface area (Å²) in [6, 6.07) is 8.45. The van der Waals surface area contributed by atoms with E-state index >= 15 is 0 Å². The van der Waals surface area contributed by atoms with E-state index < -0.39 is 0 Å². The molecule has 1 aliphatic rings. The molecule has 2 atom stereocenters. The zero-order valence-electron chi connectivity index (χ0n) is 11.1. The molecule has 3 N–H and O–H groups in total. The van der Waals surface area contributed by atoms with Crippen LogP contribution in [-0.4, -0.2) is 11.9 Å². The zero-order chi connectivity index (χ0) is 13.1. The first kappa shape index (κ1) is 13.1. The van der Waals surface area contributed by atoms with Crippen LogP contribution < -0.4 is 11.1 Å². The summed E-state index contributed by atoms with van der Waals surface area (Å²) < 4.78 is 0. The molecule has 1 amide bonds. The fourth-order valence-corrected chi connectivity index (χ4v) is 2.41. The van der Waals surface area contributed by atoms with Gasteiger partial charge in [-0.25, -0.2) is 0 Å². The predicted octanol–water partition coefficient (Wildman–Crippen LogP) is 2.16. The summed E-state index contributed by atoms with van der Waals surface area (Å²) in [7, 11) is 0. The molecule has 0 saturated carbocycles. The molecule has 0 aromatic heterocycles. The zero-order valence-corrected chi connectivity index (χ0v) is 11.1. The van der Waals surface area contributed by atoms with Gasteiger partial charge in [-0.2, -0.15) is 0 Å². The van der Waals surface area contributed by atoms with Gasteiger partial charge in [-0.1, -0.05) is 38.1 Å². The molecule has 1 aliphatic carbocycles. The molecule has 18 heavy (non-hydrogen) atoms. The number of aryl methyl sites for hydroxylation is 1. The monoisotopic (exact) mass is 246 g/mol. The minimum Gasteiger partial charge on any atom is -0.349 e. The Morgan fingerprint density at radius 3 is 2.89 bits per heavy atom. The van der Waals surface area contributed by atoms with E-state index in [1.807, 2.05) is 19.9 Å². The van der Waals surface area contributed by atoms with Crippen molar-refractivity contribution in [1.29, 1.82) is 0 Å². The second-order valence-electron chi connectivity index (χ2n) is 5.47. The molecule has 0 radical (unpaired) electrons. The molecule has 0 bridgehead atoms. The normalized spacial score (nSPS) is 19.7. The van der Waals surface area contributed by atoms with Gasteiger partial charge in [0.25, 0.3) is 0 Å². The number of nitrogens with two attached hydrogens (primary N) is 1. The highest BCUT2D eigenvalue weighted by Gasteiger charge is 2.24. The van der Waals surface area contributed by atoms with Crippen LogP contribution in [0, 0.1) is 5.92 Å². The van der Waals surface area contributed by atoms with Crippen LogP contribution in [0.4, 0.5) is 0 Å². The maximum atomic E-state index is 11.9. The van der Waals surface area contributed by atoms with E-state index in [0.717, 1.165) is 12.8 Å². The average Bonchev–Trinajstić information content (AvgIpc) is 2.72. The average molecular weight is 246 g/mol. The van der Waals surface area contributed by atoms with Crippen molar-refractivity contribution in [3.63, 3.8) is 0 Å². The lowest BCUT2D eigenvalue weighted by Gasteiger charge is -2.18. The van der Waals surface area contributed by atoms with Crippen molar-refractivity contribution in [1.82, 2.24) is 5.32 Å². The number of fused-ring (bicyclic) bond motifs is 1. The Kier molecular flexibility index (Phi) is 4.02. The minimum absolute atomic E-state index is 0.0540. The molecule has 1 aromatic rings. The Labute approximate surface area is 109 Å². The third-order valence-electron chi connectivity index (χ3n) is 3.75. The number of carbonyl (C=O) groups excluding carboxylic acids is 1. The first-order valence-electron chi connectivity index (χ1n) is 6.70. The van der Waals surface area contributed by atoms with E-state index in [1.165, 1.54) is 11.1 Å². The maximum Gasteiger partial charge on any atom is 0.222 e. The van der Waals surface area contributed by atoms with Crippen molar-refractivity contribution >= 4 is 5.91 Å². The van der Waals surface area contributed by atoms with Gasteiger partial charge in [0.1, 0.15) is 0 Å². The molecule has 3 heteroatoms. The van der Waals surface area contributed by atoms with Gasteiger partial charge in [-0.3, -0.25) is 4.79 Å². The molecular formula is C15H22N2O. The molecular weight excluding hydrogens is 224 g/mol.